The van der Waals surface area contributed by atoms with Crippen molar-refractivity contribution in [3.63, 3.8) is 0 Å². The second-order valence-electron chi connectivity index (χ2n) is 5.33. The van der Waals surface area contributed by atoms with Gasteiger partial charge in [-0.25, -0.2) is 24.6 Å². The standard InChI is InChI=1S/C11H21N5O6/c1-11(2,3)22-10(19)15(9(13)14-16(20)21)7(8(17)18)5-4-6-12/h7H,4-6,12H2,1-3H3,(H2,13,14)(H,17,18)/t7-/m1/s1. The van der Waals surface area contributed by atoms with E-state index < -0.39 is 34.7 Å². The predicted octanol–water partition coefficient (Wildman–Crippen LogP) is -0.0780. The minimum atomic E-state index is -1.47. The molecule has 11 heteroatoms. The summed E-state index contributed by atoms with van der Waals surface area (Å²) in [5, 5.41) is 21.3. The second-order valence-corrected chi connectivity index (χ2v) is 5.33. The summed E-state index contributed by atoms with van der Waals surface area (Å²) in [5.74, 6) is -2.27. The van der Waals surface area contributed by atoms with Crippen LogP contribution < -0.4 is 11.5 Å². The fourth-order valence-electron chi connectivity index (χ4n) is 1.50. The first-order valence-corrected chi connectivity index (χ1v) is 6.43. The van der Waals surface area contributed by atoms with E-state index in [0.717, 1.165) is 0 Å². The Morgan fingerprint density at radius 1 is 1.45 bits per heavy atom. The molecule has 0 heterocycles. The highest BCUT2D eigenvalue weighted by Gasteiger charge is 2.36. The van der Waals surface area contributed by atoms with E-state index in [2.05, 4.69) is 5.10 Å². The van der Waals surface area contributed by atoms with Crippen molar-refractivity contribution in [3.8, 4) is 0 Å². The molecule has 0 aliphatic carbocycles. The van der Waals surface area contributed by atoms with Crippen LogP contribution in [0.4, 0.5) is 4.79 Å². The molecule has 0 unspecified atom stereocenters. The van der Waals surface area contributed by atoms with Crippen LogP contribution in [-0.4, -0.2) is 51.2 Å². The van der Waals surface area contributed by atoms with Crippen LogP contribution in [0.1, 0.15) is 33.6 Å². The Kier molecular flexibility index (Phi) is 7.22. The van der Waals surface area contributed by atoms with Gasteiger partial charge in [-0.2, -0.15) is 0 Å². The highest BCUT2D eigenvalue weighted by molar-refractivity contribution is 5.97. The van der Waals surface area contributed by atoms with Gasteiger partial charge < -0.3 is 21.3 Å². The molecular formula is C11H21N5O6. The number of guanidine groups is 1. The number of nitrogens with zero attached hydrogens (tertiary/aromatic N) is 3. The van der Waals surface area contributed by atoms with E-state index in [1.807, 2.05) is 0 Å². The zero-order valence-corrected chi connectivity index (χ0v) is 12.7. The van der Waals surface area contributed by atoms with Crippen molar-refractivity contribution in [1.82, 2.24) is 4.90 Å². The molecular weight excluding hydrogens is 298 g/mol. The largest absolute Gasteiger partial charge is 0.480 e. The molecule has 0 radical (unpaired) electrons. The SMILES string of the molecule is CC(C)(C)OC(=O)N(/C(N)=N\[N+](=O)[O-])[C@H](CCCN)C(=O)O. The zero-order chi connectivity index (χ0) is 17.5. The van der Waals surface area contributed by atoms with Crippen molar-refractivity contribution >= 4 is 18.0 Å². The van der Waals surface area contributed by atoms with Crippen LogP contribution in [0.5, 0.6) is 0 Å². The van der Waals surface area contributed by atoms with Gasteiger partial charge in [0.15, 0.2) is 5.03 Å². The fraction of sp³-hybridized carbons (Fsp3) is 0.727. The van der Waals surface area contributed by atoms with Gasteiger partial charge in [-0.15, -0.1) is 0 Å². The van der Waals surface area contributed by atoms with E-state index in [0.29, 0.717) is 4.90 Å². The maximum atomic E-state index is 12.1. The van der Waals surface area contributed by atoms with Crippen LogP contribution in [0.25, 0.3) is 0 Å². The number of amides is 1. The molecule has 0 saturated heterocycles. The molecule has 0 rings (SSSR count). The smallest absolute Gasteiger partial charge is 0.418 e. The number of hydrazone groups is 1. The molecule has 0 aromatic heterocycles. The van der Waals surface area contributed by atoms with Gasteiger partial charge in [-0.05, 0) is 40.2 Å². The van der Waals surface area contributed by atoms with Crippen LogP contribution >= 0.6 is 0 Å². The number of nitro groups is 1. The lowest BCUT2D eigenvalue weighted by Crippen LogP contribution is -2.53. The van der Waals surface area contributed by atoms with Crippen molar-refractivity contribution in [2.24, 2.45) is 16.6 Å². The van der Waals surface area contributed by atoms with Gasteiger partial charge in [-0.3, -0.25) is 0 Å². The molecule has 126 valence electrons. The highest BCUT2D eigenvalue weighted by Crippen LogP contribution is 2.15. The van der Waals surface area contributed by atoms with Crippen molar-refractivity contribution in [3.05, 3.63) is 10.1 Å². The van der Waals surface area contributed by atoms with Gasteiger partial charge in [0.2, 0.25) is 0 Å². The molecule has 11 nitrogen and oxygen atoms in total. The number of rotatable bonds is 6. The molecule has 0 fully saturated rings. The summed E-state index contributed by atoms with van der Waals surface area (Å²) in [4.78, 5) is 34.3. The highest BCUT2D eigenvalue weighted by atomic mass is 16.7. The first kappa shape index (κ1) is 19.6. The third kappa shape index (κ3) is 6.83. The van der Waals surface area contributed by atoms with Crippen LogP contribution in [-0.2, 0) is 9.53 Å². The Hall–Kier alpha value is -2.43. The monoisotopic (exact) mass is 319 g/mol. The number of hydrogen-bond donors (Lipinski definition) is 3. The fourth-order valence-corrected chi connectivity index (χ4v) is 1.50. The number of nitrogens with two attached hydrogens (primary N) is 2. The van der Waals surface area contributed by atoms with Gasteiger partial charge in [0.25, 0.3) is 5.96 Å². The Bertz CT molecular complexity index is 458. The zero-order valence-electron chi connectivity index (χ0n) is 12.7. The summed E-state index contributed by atoms with van der Waals surface area (Å²) in [7, 11) is 0. The van der Waals surface area contributed by atoms with E-state index >= 15 is 0 Å². The third-order valence-electron chi connectivity index (χ3n) is 2.30. The van der Waals surface area contributed by atoms with Crippen molar-refractivity contribution in [2.75, 3.05) is 6.54 Å². The molecule has 0 saturated carbocycles. The number of carbonyl (C=O) groups is 2. The predicted molar refractivity (Wildman–Crippen MR) is 76.4 cm³/mol. The van der Waals surface area contributed by atoms with E-state index in [1.165, 1.54) is 0 Å². The number of hydrogen-bond acceptors (Lipinski definition) is 6. The van der Waals surface area contributed by atoms with Gasteiger partial charge in [-0.1, -0.05) is 0 Å². The summed E-state index contributed by atoms with van der Waals surface area (Å²) in [6, 6.07) is -1.47. The number of aliphatic carboxylic acids is 1. The molecule has 0 aliphatic heterocycles. The molecule has 0 aromatic rings. The minimum Gasteiger partial charge on any atom is -0.480 e. The molecule has 22 heavy (non-hydrogen) atoms. The van der Waals surface area contributed by atoms with E-state index in [1.54, 1.807) is 20.8 Å². The molecule has 1 amide bonds. The quantitative estimate of drug-likeness (QED) is 0.263. The molecule has 0 bridgehead atoms. The average Bonchev–Trinajstić information content (AvgIpc) is 2.30. The Balaban J connectivity index is 5.60. The molecule has 0 aromatic carbocycles. The van der Waals surface area contributed by atoms with E-state index in [9.17, 15) is 24.8 Å². The topological polar surface area (TPSA) is 174 Å². The first-order chi connectivity index (χ1) is 9.99. The van der Waals surface area contributed by atoms with Crippen LogP contribution in [0, 0.1) is 10.1 Å². The Morgan fingerprint density at radius 2 is 2.00 bits per heavy atom. The summed E-state index contributed by atoms with van der Waals surface area (Å²) < 4.78 is 5.02. The maximum Gasteiger partial charge on any atom is 0.418 e. The summed E-state index contributed by atoms with van der Waals surface area (Å²) in [5.41, 5.74) is 9.76. The Morgan fingerprint density at radius 3 is 2.36 bits per heavy atom. The van der Waals surface area contributed by atoms with Gasteiger partial charge in [0.05, 0.1) is 0 Å². The van der Waals surface area contributed by atoms with E-state index in [-0.39, 0.29) is 19.4 Å². The van der Waals surface area contributed by atoms with Crippen molar-refractivity contribution in [2.45, 2.75) is 45.3 Å². The molecule has 0 spiro atoms. The maximum absolute atomic E-state index is 12.1. The van der Waals surface area contributed by atoms with Crippen LogP contribution in [0.3, 0.4) is 0 Å². The van der Waals surface area contributed by atoms with Crippen molar-refractivity contribution < 1.29 is 24.5 Å². The van der Waals surface area contributed by atoms with Crippen molar-refractivity contribution in [1.29, 1.82) is 0 Å². The molecule has 5 N–H and O–H groups in total. The summed E-state index contributed by atoms with van der Waals surface area (Å²) in [6.07, 6.45) is -0.930. The average molecular weight is 319 g/mol. The molecule has 1 atom stereocenters. The van der Waals surface area contributed by atoms with Gasteiger partial charge in [0.1, 0.15) is 16.7 Å². The number of carboxylic acid groups (broad SMARTS) is 1. The molecule has 0 aliphatic rings. The lowest BCUT2D eigenvalue weighted by Gasteiger charge is -2.29. The van der Waals surface area contributed by atoms with Gasteiger partial charge >= 0.3 is 12.1 Å². The number of carboxylic acids is 1. The third-order valence-corrected chi connectivity index (χ3v) is 2.30. The number of ether oxygens (including phenoxy) is 1. The summed E-state index contributed by atoms with van der Waals surface area (Å²) in [6.45, 7) is 4.84. The van der Waals surface area contributed by atoms with E-state index in [4.69, 9.17) is 16.2 Å². The van der Waals surface area contributed by atoms with Gasteiger partial charge in [0, 0.05) is 0 Å². The Labute approximate surface area is 127 Å². The minimum absolute atomic E-state index is 0.0565. The second kappa shape index (κ2) is 8.12. The first-order valence-electron chi connectivity index (χ1n) is 6.43. The summed E-state index contributed by atoms with van der Waals surface area (Å²) >= 11 is 0. The normalized spacial score (nSPS) is 13.4. The van der Waals surface area contributed by atoms with Crippen LogP contribution in [0.15, 0.2) is 5.10 Å². The lowest BCUT2D eigenvalue weighted by atomic mass is 10.1. The lowest BCUT2D eigenvalue weighted by molar-refractivity contribution is -0.485. The number of carbonyl (C=O) groups excluding carboxylic acids is 1. The van der Waals surface area contributed by atoms with Crippen LogP contribution in [0.2, 0.25) is 0 Å².